The average Bonchev–Trinajstić information content (AvgIpc) is 2.72. The maximum Gasteiger partial charge on any atom is 0.344 e. The average molecular weight is 520 g/mol. The number of ether oxygens (including phenoxy) is 3. The van der Waals surface area contributed by atoms with E-state index in [1.165, 1.54) is 13.2 Å². The molecule has 0 fully saturated rings. The van der Waals surface area contributed by atoms with E-state index in [9.17, 15) is 14.9 Å². The monoisotopic (exact) mass is 520 g/mol. The van der Waals surface area contributed by atoms with Gasteiger partial charge in [0.25, 0.3) is 5.91 Å². The number of anilines is 1. The van der Waals surface area contributed by atoms with Crippen molar-refractivity contribution in [3.8, 4) is 17.6 Å². The fraction of sp³-hybridized carbons (Fsp3) is 0.227. The van der Waals surface area contributed by atoms with Gasteiger partial charge >= 0.3 is 5.97 Å². The van der Waals surface area contributed by atoms with Crippen molar-refractivity contribution in [3.05, 3.63) is 56.7 Å². The van der Waals surface area contributed by atoms with Crippen LogP contribution in [-0.2, 0) is 14.3 Å². The molecule has 0 aliphatic carbocycles. The summed E-state index contributed by atoms with van der Waals surface area (Å²) >= 11 is 2.03. The summed E-state index contributed by atoms with van der Waals surface area (Å²) in [5, 5.41) is 12.1. The molecular weight excluding hydrogens is 499 g/mol. The second kappa shape index (κ2) is 11.2. The zero-order chi connectivity index (χ0) is 22.1. The molecule has 0 spiro atoms. The number of nitrogens with zero attached hydrogens (tertiary/aromatic N) is 1. The molecule has 0 aliphatic rings. The van der Waals surface area contributed by atoms with Crippen LogP contribution in [0.4, 0.5) is 5.69 Å². The largest absolute Gasteiger partial charge is 0.493 e. The molecule has 7 nitrogen and oxygen atoms in total. The normalized spacial score (nSPS) is 10.7. The molecule has 2 aromatic carbocycles. The van der Waals surface area contributed by atoms with Gasteiger partial charge in [-0.25, -0.2) is 4.79 Å². The van der Waals surface area contributed by atoms with Crippen molar-refractivity contribution in [2.75, 3.05) is 25.6 Å². The molecule has 1 N–H and O–H groups in total. The summed E-state index contributed by atoms with van der Waals surface area (Å²) in [4.78, 5) is 24.0. The molecule has 0 saturated heterocycles. The lowest BCUT2D eigenvalue weighted by Crippen LogP contribution is -2.15. The van der Waals surface area contributed by atoms with Gasteiger partial charge in [-0.2, -0.15) is 5.26 Å². The Kier molecular flexibility index (Phi) is 8.68. The quantitative estimate of drug-likeness (QED) is 0.244. The molecule has 0 bridgehead atoms. The van der Waals surface area contributed by atoms with Crippen LogP contribution < -0.4 is 14.8 Å². The maximum absolute atomic E-state index is 12.5. The lowest BCUT2D eigenvalue weighted by Gasteiger charge is -2.13. The highest BCUT2D eigenvalue weighted by Gasteiger charge is 2.15. The molecule has 1 amide bonds. The van der Waals surface area contributed by atoms with Gasteiger partial charge in [0.1, 0.15) is 11.6 Å². The number of rotatable bonds is 8. The Bertz CT molecular complexity index is 994. The Morgan fingerprint density at radius 3 is 2.53 bits per heavy atom. The molecule has 0 atom stereocenters. The molecule has 0 unspecified atom stereocenters. The maximum atomic E-state index is 12.5. The number of carbonyl (C=O) groups excluding carboxylic acids is 2. The molecule has 0 aromatic heterocycles. The van der Waals surface area contributed by atoms with Crippen LogP contribution in [-0.4, -0.2) is 32.2 Å². The number of aryl methyl sites for hydroxylation is 1. The zero-order valence-corrected chi connectivity index (χ0v) is 19.0. The number of carbonyl (C=O) groups is 2. The highest BCUT2D eigenvalue weighted by atomic mass is 127. The van der Waals surface area contributed by atoms with Gasteiger partial charge in [0.15, 0.2) is 18.1 Å². The van der Waals surface area contributed by atoms with Crippen LogP contribution in [0.15, 0.2) is 42.0 Å². The number of nitriles is 1. The Morgan fingerprint density at radius 1 is 1.23 bits per heavy atom. The van der Waals surface area contributed by atoms with E-state index >= 15 is 0 Å². The zero-order valence-electron chi connectivity index (χ0n) is 16.8. The number of methoxy groups -OCH3 is 1. The Labute approximate surface area is 188 Å². The number of amides is 1. The van der Waals surface area contributed by atoms with E-state index in [2.05, 4.69) is 5.32 Å². The molecule has 8 heteroatoms. The summed E-state index contributed by atoms with van der Waals surface area (Å²) < 4.78 is 16.4. The standard InChI is InChI=1S/C22H21IN2O5/c1-4-29-20(26)13-30-21-18(23)10-15(11-19(21)28-3)9-16(12-24)22(27)25-17-7-5-14(2)6-8-17/h5-11H,4,13H2,1-3H3,(H,25,27)/b16-9+. The Hall–Kier alpha value is -3.06. The van der Waals surface area contributed by atoms with Crippen molar-refractivity contribution in [2.45, 2.75) is 13.8 Å². The van der Waals surface area contributed by atoms with Gasteiger partial charge in [-0.05, 0) is 72.3 Å². The van der Waals surface area contributed by atoms with Crippen LogP contribution >= 0.6 is 22.6 Å². The van der Waals surface area contributed by atoms with E-state index in [0.717, 1.165) is 5.56 Å². The van der Waals surface area contributed by atoms with Crippen molar-refractivity contribution in [1.82, 2.24) is 0 Å². The van der Waals surface area contributed by atoms with Crippen molar-refractivity contribution in [2.24, 2.45) is 0 Å². The van der Waals surface area contributed by atoms with Crippen LogP contribution in [0, 0.1) is 21.8 Å². The van der Waals surface area contributed by atoms with Crippen molar-refractivity contribution in [3.63, 3.8) is 0 Å². The third kappa shape index (κ3) is 6.49. The molecule has 156 valence electrons. The van der Waals surface area contributed by atoms with Crippen LogP contribution in [0.2, 0.25) is 0 Å². The van der Waals surface area contributed by atoms with Gasteiger partial charge < -0.3 is 19.5 Å². The van der Waals surface area contributed by atoms with E-state index in [-0.39, 0.29) is 18.8 Å². The van der Waals surface area contributed by atoms with Crippen molar-refractivity contribution >= 4 is 46.2 Å². The summed E-state index contributed by atoms with van der Waals surface area (Å²) in [5.74, 6) is -0.253. The second-order valence-electron chi connectivity index (χ2n) is 6.12. The highest BCUT2D eigenvalue weighted by Crippen LogP contribution is 2.34. The number of hydrogen-bond acceptors (Lipinski definition) is 6. The number of nitrogens with one attached hydrogen (secondary N) is 1. The summed E-state index contributed by atoms with van der Waals surface area (Å²) in [6.45, 7) is 3.67. The van der Waals surface area contributed by atoms with E-state index in [1.807, 2.05) is 47.7 Å². The van der Waals surface area contributed by atoms with Gasteiger partial charge in [0.05, 0.1) is 17.3 Å². The third-order valence-electron chi connectivity index (χ3n) is 3.88. The molecule has 30 heavy (non-hydrogen) atoms. The highest BCUT2D eigenvalue weighted by molar-refractivity contribution is 14.1. The number of halogens is 1. The van der Waals surface area contributed by atoms with Gasteiger partial charge in [0, 0.05) is 5.69 Å². The van der Waals surface area contributed by atoms with Gasteiger partial charge in [0.2, 0.25) is 0 Å². The van der Waals surface area contributed by atoms with Crippen molar-refractivity contribution in [1.29, 1.82) is 5.26 Å². The number of hydrogen-bond donors (Lipinski definition) is 1. The first kappa shape index (κ1) is 23.2. The minimum Gasteiger partial charge on any atom is -0.493 e. The lowest BCUT2D eigenvalue weighted by molar-refractivity contribution is -0.145. The minimum absolute atomic E-state index is 0.0615. The molecule has 0 radical (unpaired) electrons. The minimum atomic E-state index is -0.516. The fourth-order valence-corrected chi connectivity index (χ4v) is 3.23. The van der Waals surface area contributed by atoms with E-state index < -0.39 is 11.9 Å². The van der Waals surface area contributed by atoms with Crippen LogP contribution in [0.3, 0.4) is 0 Å². The predicted octanol–water partition coefficient (Wildman–Crippen LogP) is 4.10. The first-order chi connectivity index (χ1) is 14.4. The first-order valence-corrected chi connectivity index (χ1v) is 10.1. The molecular formula is C22H21IN2O5. The molecule has 2 rings (SSSR count). The Balaban J connectivity index is 2.24. The third-order valence-corrected chi connectivity index (χ3v) is 4.68. The molecule has 0 heterocycles. The summed E-state index contributed by atoms with van der Waals surface area (Å²) in [6, 6.07) is 12.5. The van der Waals surface area contributed by atoms with Gasteiger partial charge in [-0.1, -0.05) is 17.7 Å². The Morgan fingerprint density at radius 2 is 1.93 bits per heavy atom. The summed E-state index contributed by atoms with van der Waals surface area (Å²) in [5.41, 5.74) is 2.18. The summed E-state index contributed by atoms with van der Waals surface area (Å²) in [7, 11) is 1.46. The van der Waals surface area contributed by atoms with Crippen LogP contribution in [0.5, 0.6) is 11.5 Å². The van der Waals surface area contributed by atoms with Crippen LogP contribution in [0.25, 0.3) is 6.08 Å². The van der Waals surface area contributed by atoms with E-state index in [4.69, 9.17) is 14.2 Å². The SMILES string of the molecule is CCOC(=O)COc1c(I)cc(/C=C(\C#N)C(=O)Nc2ccc(C)cc2)cc1OC. The summed E-state index contributed by atoms with van der Waals surface area (Å²) in [6.07, 6.45) is 1.46. The molecule has 2 aromatic rings. The number of benzene rings is 2. The smallest absolute Gasteiger partial charge is 0.344 e. The van der Waals surface area contributed by atoms with Gasteiger partial charge in [-0.15, -0.1) is 0 Å². The predicted molar refractivity (Wildman–Crippen MR) is 121 cm³/mol. The molecule has 0 aliphatic heterocycles. The van der Waals surface area contributed by atoms with Crippen LogP contribution in [0.1, 0.15) is 18.1 Å². The number of esters is 1. The first-order valence-electron chi connectivity index (χ1n) is 9.03. The lowest BCUT2D eigenvalue weighted by atomic mass is 10.1. The van der Waals surface area contributed by atoms with E-state index in [1.54, 1.807) is 31.2 Å². The van der Waals surface area contributed by atoms with E-state index in [0.29, 0.717) is 26.3 Å². The van der Waals surface area contributed by atoms with Gasteiger partial charge in [-0.3, -0.25) is 4.79 Å². The second-order valence-corrected chi connectivity index (χ2v) is 7.28. The topological polar surface area (TPSA) is 97.7 Å². The molecule has 0 saturated carbocycles. The fourth-order valence-electron chi connectivity index (χ4n) is 2.45. The van der Waals surface area contributed by atoms with Crippen molar-refractivity contribution < 1.29 is 23.8 Å².